The van der Waals surface area contributed by atoms with Crippen LogP contribution >= 0.6 is 0 Å². The number of hydrogen-bond acceptors (Lipinski definition) is 6. The van der Waals surface area contributed by atoms with Gasteiger partial charge in [-0.1, -0.05) is 0 Å². The average Bonchev–Trinajstić information content (AvgIpc) is 2.48. The zero-order valence-electron chi connectivity index (χ0n) is 12.0. The van der Waals surface area contributed by atoms with Gasteiger partial charge in [0.1, 0.15) is 0 Å². The van der Waals surface area contributed by atoms with E-state index < -0.39 is 22.6 Å². The molecule has 2 N–H and O–H groups in total. The first-order chi connectivity index (χ1) is 9.87. The summed E-state index contributed by atoms with van der Waals surface area (Å²) in [7, 11) is 2.77. The second kappa shape index (κ2) is 5.68. The molecule has 2 rings (SSSR count). The van der Waals surface area contributed by atoms with Crippen LogP contribution in [0.4, 0.5) is 5.82 Å². The van der Waals surface area contributed by atoms with E-state index in [0.717, 1.165) is 9.25 Å². The second-order valence-corrected chi connectivity index (χ2v) is 5.17. The van der Waals surface area contributed by atoms with Crippen LogP contribution in [0, 0.1) is 5.41 Å². The van der Waals surface area contributed by atoms with Crippen molar-refractivity contribution in [1.82, 2.24) is 14.3 Å². The predicted octanol–water partition coefficient (Wildman–Crippen LogP) is -1.23. The topological polar surface area (TPSA) is 115 Å². The lowest BCUT2D eigenvalue weighted by atomic mass is 9.80. The van der Waals surface area contributed by atoms with Crippen molar-refractivity contribution in [2.45, 2.75) is 12.8 Å². The summed E-state index contributed by atoms with van der Waals surface area (Å²) in [6.45, 7) is 0.797. The quantitative estimate of drug-likeness (QED) is 0.715. The van der Waals surface area contributed by atoms with Crippen molar-refractivity contribution in [2.24, 2.45) is 19.5 Å². The first-order valence-corrected chi connectivity index (χ1v) is 6.57. The van der Waals surface area contributed by atoms with E-state index in [0.29, 0.717) is 26.1 Å². The molecule has 1 aromatic rings. The highest BCUT2D eigenvalue weighted by Crippen LogP contribution is 2.30. The third-order valence-corrected chi connectivity index (χ3v) is 3.82. The van der Waals surface area contributed by atoms with E-state index in [1.54, 1.807) is 0 Å². The van der Waals surface area contributed by atoms with Crippen molar-refractivity contribution in [1.29, 1.82) is 0 Å². The molecule has 1 fully saturated rings. The van der Waals surface area contributed by atoms with Gasteiger partial charge in [-0.05, 0) is 12.8 Å². The highest BCUT2D eigenvalue weighted by molar-refractivity contribution is 5.75. The number of carboxylic acid groups (broad SMARTS) is 1. The van der Waals surface area contributed by atoms with Gasteiger partial charge in [-0.15, -0.1) is 5.10 Å². The van der Waals surface area contributed by atoms with Crippen LogP contribution in [0.2, 0.25) is 0 Å². The number of carboxylic acids is 1. The molecule has 0 bridgehead atoms. The van der Waals surface area contributed by atoms with Gasteiger partial charge in [0.05, 0.1) is 5.41 Å². The number of nitrogens with zero attached hydrogens (tertiary/aromatic N) is 3. The van der Waals surface area contributed by atoms with Gasteiger partial charge in [0.15, 0.2) is 0 Å². The zero-order valence-corrected chi connectivity index (χ0v) is 12.0. The van der Waals surface area contributed by atoms with Gasteiger partial charge < -0.3 is 15.2 Å². The number of carbonyl (C=O) groups is 1. The standard InChI is InChI=1S/C12H18N4O5/c1-15-9(17)8(14-16(2)11(15)20)13-7-12(10(18)19)3-5-21-6-4-12/h3-7H2,1-2H3,(H,13,14)(H,18,19). The first kappa shape index (κ1) is 15.2. The van der Waals surface area contributed by atoms with E-state index in [1.165, 1.54) is 14.1 Å². The van der Waals surface area contributed by atoms with E-state index >= 15 is 0 Å². The van der Waals surface area contributed by atoms with E-state index in [-0.39, 0.29) is 12.4 Å². The molecule has 0 unspecified atom stereocenters. The summed E-state index contributed by atoms with van der Waals surface area (Å²) in [6.07, 6.45) is 0.725. The molecule has 9 heteroatoms. The fraction of sp³-hybridized carbons (Fsp3) is 0.667. The summed E-state index contributed by atoms with van der Waals surface area (Å²) in [5, 5.41) is 16.1. The fourth-order valence-corrected chi connectivity index (χ4v) is 2.29. The Bertz CT molecular complexity index is 657. The third kappa shape index (κ3) is 2.82. The average molecular weight is 298 g/mol. The molecule has 0 atom stereocenters. The molecule has 2 heterocycles. The van der Waals surface area contributed by atoms with Crippen molar-refractivity contribution in [3.63, 3.8) is 0 Å². The van der Waals surface area contributed by atoms with Crippen LogP contribution in [0.25, 0.3) is 0 Å². The van der Waals surface area contributed by atoms with E-state index in [1.807, 2.05) is 0 Å². The molecule has 0 saturated carbocycles. The van der Waals surface area contributed by atoms with Gasteiger partial charge in [-0.2, -0.15) is 0 Å². The van der Waals surface area contributed by atoms with Crippen LogP contribution in [0.5, 0.6) is 0 Å². The Morgan fingerprint density at radius 1 is 1.38 bits per heavy atom. The third-order valence-electron chi connectivity index (χ3n) is 3.82. The van der Waals surface area contributed by atoms with Crippen LogP contribution in [-0.2, 0) is 23.6 Å². The van der Waals surface area contributed by atoms with Crippen LogP contribution in [-0.4, -0.2) is 45.2 Å². The van der Waals surface area contributed by atoms with Gasteiger partial charge in [-0.3, -0.25) is 14.2 Å². The number of aromatic nitrogens is 3. The Labute approximate surface area is 120 Å². The molecule has 21 heavy (non-hydrogen) atoms. The Hall–Kier alpha value is -2.16. The van der Waals surface area contributed by atoms with Gasteiger partial charge in [0.2, 0.25) is 5.82 Å². The molecule has 0 amide bonds. The van der Waals surface area contributed by atoms with E-state index in [2.05, 4.69) is 10.4 Å². The Morgan fingerprint density at radius 2 is 2.00 bits per heavy atom. The molecule has 0 spiro atoms. The van der Waals surface area contributed by atoms with Gasteiger partial charge in [0.25, 0.3) is 5.56 Å². The molecule has 1 aliphatic rings. The summed E-state index contributed by atoms with van der Waals surface area (Å²) in [6, 6.07) is 0. The van der Waals surface area contributed by atoms with Gasteiger partial charge in [-0.25, -0.2) is 9.48 Å². The molecule has 9 nitrogen and oxygen atoms in total. The van der Waals surface area contributed by atoms with Gasteiger partial charge in [0, 0.05) is 33.9 Å². The van der Waals surface area contributed by atoms with Crippen molar-refractivity contribution in [2.75, 3.05) is 25.1 Å². The summed E-state index contributed by atoms with van der Waals surface area (Å²) >= 11 is 0. The van der Waals surface area contributed by atoms with Crippen molar-refractivity contribution in [3.8, 4) is 0 Å². The lowest BCUT2D eigenvalue weighted by Crippen LogP contribution is -2.45. The minimum absolute atomic E-state index is 0.0354. The van der Waals surface area contributed by atoms with Crippen LogP contribution in [0.15, 0.2) is 9.59 Å². The summed E-state index contributed by atoms with van der Waals surface area (Å²) in [5.74, 6) is -0.966. The smallest absolute Gasteiger partial charge is 0.346 e. The molecule has 1 aliphatic heterocycles. The largest absolute Gasteiger partial charge is 0.481 e. The number of ether oxygens (including phenoxy) is 1. The zero-order chi connectivity index (χ0) is 15.6. The number of anilines is 1. The van der Waals surface area contributed by atoms with Crippen molar-refractivity contribution < 1.29 is 14.6 Å². The van der Waals surface area contributed by atoms with E-state index in [4.69, 9.17) is 4.74 Å². The van der Waals surface area contributed by atoms with Crippen LogP contribution < -0.4 is 16.6 Å². The van der Waals surface area contributed by atoms with Gasteiger partial charge >= 0.3 is 11.7 Å². The molecule has 0 radical (unpaired) electrons. The monoisotopic (exact) mass is 298 g/mol. The highest BCUT2D eigenvalue weighted by Gasteiger charge is 2.40. The van der Waals surface area contributed by atoms with Crippen molar-refractivity contribution in [3.05, 3.63) is 20.8 Å². The Balaban J connectivity index is 2.25. The number of aliphatic carboxylic acids is 1. The number of rotatable bonds is 4. The number of nitrogens with one attached hydrogen (secondary N) is 1. The minimum atomic E-state index is -0.986. The number of aryl methyl sites for hydroxylation is 1. The molecular weight excluding hydrogens is 280 g/mol. The summed E-state index contributed by atoms with van der Waals surface area (Å²) in [4.78, 5) is 35.0. The van der Waals surface area contributed by atoms with Crippen molar-refractivity contribution >= 4 is 11.8 Å². The first-order valence-electron chi connectivity index (χ1n) is 6.57. The lowest BCUT2D eigenvalue weighted by Gasteiger charge is -2.33. The highest BCUT2D eigenvalue weighted by atomic mass is 16.5. The summed E-state index contributed by atoms with van der Waals surface area (Å²) < 4.78 is 7.14. The maximum absolute atomic E-state index is 11.9. The summed E-state index contributed by atoms with van der Waals surface area (Å²) in [5.41, 5.74) is -2.10. The molecule has 0 aromatic carbocycles. The SMILES string of the molecule is Cn1nc(NCC2(C(=O)O)CCOCC2)c(=O)n(C)c1=O. The molecule has 1 aromatic heterocycles. The molecule has 0 aliphatic carbocycles. The molecule has 1 saturated heterocycles. The molecular formula is C12H18N4O5. The number of hydrogen-bond donors (Lipinski definition) is 2. The maximum atomic E-state index is 11.9. The van der Waals surface area contributed by atoms with E-state index in [9.17, 15) is 19.5 Å². The maximum Gasteiger partial charge on any atom is 0.346 e. The normalized spacial score (nSPS) is 17.4. The predicted molar refractivity (Wildman–Crippen MR) is 73.3 cm³/mol. The lowest BCUT2D eigenvalue weighted by molar-refractivity contribution is -0.153. The Morgan fingerprint density at radius 3 is 2.57 bits per heavy atom. The fourth-order valence-electron chi connectivity index (χ4n) is 2.29. The Kier molecular flexibility index (Phi) is 4.12. The van der Waals surface area contributed by atoms with Crippen LogP contribution in [0.1, 0.15) is 12.8 Å². The molecule has 116 valence electrons. The minimum Gasteiger partial charge on any atom is -0.481 e. The second-order valence-electron chi connectivity index (χ2n) is 5.17. The van der Waals surface area contributed by atoms with Crippen LogP contribution in [0.3, 0.4) is 0 Å².